The van der Waals surface area contributed by atoms with E-state index < -0.39 is 0 Å². The van der Waals surface area contributed by atoms with E-state index in [2.05, 4.69) is 10.3 Å². The first kappa shape index (κ1) is 11.2. The maximum Gasteiger partial charge on any atom is 0.225 e. The normalized spacial score (nSPS) is 9.47. The van der Waals surface area contributed by atoms with Crippen molar-refractivity contribution in [1.82, 2.24) is 10.3 Å². The molecular weight excluding hydrogens is 196 g/mol. The van der Waals surface area contributed by atoms with Gasteiger partial charge in [0, 0.05) is 19.2 Å². The Hall–Kier alpha value is -1.91. The van der Waals surface area contributed by atoms with Crippen LogP contribution in [0.4, 0.5) is 0 Å². The number of ether oxygens (including phenoxy) is 1. The van der Waals surface area contributed by atoms with Crippen LogP contribution in [0.5, 0.6) is 5.75 Å². The molecule has 80 valence electrons. The predicted octanol–water partition coefficient (Wildman–Crippen LogP) is 0.191. The Balaban J connectivity index is 2.96. The summed E-state index contributed by atoms with van der Waals surface area (Å²) in [5, 5.41) is 2.48. The molecule has 0 saturated heterocycles. The van der Waals surface area contributed by atoms with Gasteiger partial charge in [-0.15, -0.1) is 0 Å². The summed E-state index contributed by atoms with van der Waals surface area (Å²) in [5.74, 6) is 0.360. The van der Waals surface area contributed by atoms with Crippen LogP contribution in [0.1, 0.15) is 16.2 Å². The van der Waals surface area contributed by atoms with E-state index in [1.165, 1.54) is 13.2 Å². The highest BCUT2D eigenvalue weighted by atomic mass is 16.5. The van der Waals surface area contributed by atoms with E-state index in [9.17, 15) is 9.59 Å². The number of carbonyl (C=O) groups excluding carboxylic acids is 2. The zero-order valence-corrected chi connectivity index (χ0v) is 8.61. The third kappa shape index (κ3) is 3.05. The van der Waals surface area contributed by atoms with Crippen molar-refractivity contribution in [1.29, 1.82) is 0 Å². The number of aromatic nitrogens is 1. The van der Waals surface area contributed by atoms with E-state index in [0.29, 0.717) is 17.7 Å². The summed E-state index contributed by atoms with van der Waals surface area (Å²) in [6.07, 6.45) is 0.754. The van der Waals surface area contributed by atoms with Crippen LogP contribution in [0.25, 0.3) is 0 Å². The summed E-state index contributed by atoms with van der Waals surface area (Å²) < 4.78 is 4.98. The first-order valence-corrected chi connectivity index (χ1v) is 4.40. The largest absolute Gasteiger partial charge is 0.497 e. The Bertz CT molecular complexity index is 377. The smallest absolute Gasteiger partial charge is 0.225 e. The van der Waals surface area contributed by atoms with E-state index in [1.54, 1.807) is 13.1 Å². The lowest BCUT2D eigenvalue weighted by atomic mass is 10.2. The third-order valence-electron chi connectivity index (χ3n) is 1.85. The number of methoxy groups -OCH3 is 1. The second-order valence-corrected chi connectivity index (χ2v) is 2.89. The van der Waals surface area contributed by atoms with E-state index >= 15 is 0 Å². The number of nitrogens with one attached hydrogen (secondary N) is 1. The molecule has 0 saturated carbocycles. The van der Waals surface area contributed by atoms with Gasteiger partial charge in [0.15, 0.2) is 6.29 Å². The van der Waals surface area contributed by atoms with Crippen LogP contribution < -0.4 is 10.1 Å². The van der Waals surface area contributed by atoms with Gasteiger partial charge in [-0.3, -0.25) is 9.59 Å². The van der Waals surface area contributed by atoms with Crippen molar-refractivity contribution in [3.63, 3.8) is 0 Å². The zero-order valence-electron chi connectivity index (χ0n) is 8.61. The SMILES string of the molecule is CNC(=O)Cc1cc(OC)cc(C=O)n1. The molecule has 5 heteroatoms. The van der Waals surface area contributed by atoms with Gasteiger partial charge >= 0.3 is 0 Å². The Morgan fingerprint density at radius 2 is 2.33 bits per heavy atom. The molecule has 1 rings (SSSR count). The monoisotopic (exact) mass is 208 g/mol. The summed E-state index contributed by atoms with van der Waals surface area (Å²) in [6, 6.07) is 3.14. The number of hydrogen-bond donors (Lipinski definition) is 1. The van der Waals surface area contributed by atoms with Gasteiger partial charge in [-0.2, -0.15) is 0 Å². The maximum atomic E-state index is 11.1. The molecule has 15 heavy (non-hydrogen) atoms. The Labute approximate surface area is 87.5 Å². The van der Waals surface area contributed by atoms with Crippen molar-refractivity contribution in [2.75, 3.05) is 14.2 Å². The van der Waals surface area contributed by atoms with Crippen LogP contribution in [0.2, 0.25) is 0 Å². The highest BCUT2D eigenvalue weighted by Gasteiger charge is 2.06. The fourth-order valence-corrected chi connectivity index (χ4v) is 1.10. The van der Waals surface area contributed by atoms with Gasteiger partial charge in [0.05, 0.1) is 19.2 Å². The molecule has 0 aliphatic rings. The molecule has 1 aromatic rings. The highest BCUT2D eigenvalue weighted by Crippen LogP contribution is 2.13. The highest BCUT2D eigenvalue weighted by molar-refractivity contribution is 5.78. The van der Waals surface area contributed by atoms with Crippen LogP contribution >= 0.6 is 0 Å². The van der Waals surface area contributed by atoms with Crippen molar-refractivity contribution in [2.24, 2.45) is 0 Å². The minimum atomic E-state index is -0.160. The minimum Gasteiger partial charge on any atom is -0.497 e. The van der Waals surface area contributed by atoms with E-state index in [4.69, 9.17) is 4.74 Å². The van der Waals surface area contributed by atoms with Crippen LogP contribution in [0.15, 0.2) is 12.1 Å². The molecule has 1 heterocycles. The fraction of sp³-hybridized carbons (Fsp3) is 0.300. The molecule has 0 fully saturated rings. The topological polar surface area (TPSA) is 68.3 Å². The first-order chi connectivity index (χ1) is 7.19. The summed E-state index contributed by atoms with van der Waals surface area (Å²) in [4.78, 5) is 25.6. The second kappa shape index (κ2) is 5.09. The standard InChI is InChI=1S/C10H12N2O3/c1-11-10(14)5-7-3-9(15-2)4-8(6-13)12-7/h3-4,6H,5H2,1-2H3,(H,11,14). The van der Waals surface area contributed by atoms with Crippen molar-refractivity contribution >= 4 is 12.2 Å². The Kier molecular flexibility index (Phi) is 3.79. The molecule has 1 aromatic heterocycles. The van der Waals surface area contributed by atoms with Gasteiger partial charge in [0.1, 0.15) is 11.4 Å². The van der Waals surface area contributed by atoms with E-state index in [1.807, 2.05) is 0 Å². The number of aldehydes is 1. The first-order valence-electron chi connectivity index (χ1n) is 4.40. The van der Waals surface area contributed by atoms with Gasteiger partial charge in [-0.25, -0.2) is 4.98 Å². The van der Waals surface area contributed by atoms with Crippen molar-refractivity contribution in [3.05, 3.63) is 23.5 Å². The summed E-state index contributed by atoms with van der Waals surface area (Å²) in [7, 11) is 3.04. The van der Waals surface area contributed by atoms with Gasteiger partial charge in [-0.1, -0.05) is 0 Å². The van der Waals surface area contributed by atoms with Gasteiger partial charge < -0.3 is 10.1 Å². The molecule has 0 unspecified atom stereocenters. The van der Waals surface area contributed by atoms with Gasteiger partial charge in [0.25, 0.3) is 0 Å². The van der Waals surface area contributed by atoms with E-state index in [0.717, 1.165) is 0 Å². The molecule has 5 nitrogen and oxygen atoms in total. The number of pyridine rings is 1. The summed E-state index contributed by atoms with van der Waals surface area (Å²) >= 11 is 0. The number of carbonyl (C=O) groups is 2. The number of hydrogen-bond acceptors (Lipinski definition) is 4. The average Bonchev–Trinajstić information content (AvgIpc) is 2.28. The fourth-order valence-electron chi connectivity index (χ4n) is 1.10. The van der Waals surface area contributed by atoms with E-state index in [-0.39, 0.29) is 18.0 Å². The second-order valence-electron chi connectivity index (χ2n) is 2.89. The molecule has 0 spiro atoms. The average molecular weight is 208 g/mol. The Morgan fingerprint density at radius 1 is 1.60 bits per heavy atom. The van der Waals surface area contributed by atoms with Gasteiger partial charge in [0.2, 0.25) is 5.91 Å². The Morgan fingerprint density at radius 3 is 2.87 bits per heavy atom. The van der Waals surface area contributed by atoms with Crippen molar-refractivity contribution in [3.8, 4) is 5.75 Å². The predicted molar refractivity (Wildman–Crippen MR) is 53.9 cm³/mol. The molecule has 0 bridgehead atoms. The maximum absolute atomic E-state index is 11.1. The molecule has 0 aliphatic heterocycles. The van der Waals surface area contributed by atoms with Crippen LogP contribution in [-0.2, 0) is 11.2 Å². The molecule has 1 N–H and O–H groups in total. The summed E-state index contributed by atoms with van der Waals surface area (Å²) in [6.45, 7) is 0. The molecule has 0 radical (unpaired) electrons. The molecule has 0 atom stereocenters. The van der Waals surface area contributed by atoms with Crippen LogP contribution in [-0.4, -0.2) is 31.3 Å². The lowest BCUT2D eigenvalue weighted by molar-refractivity contribution is -0.120. The molecule has 1 amide bonds. The van der Waals surface area contributed by atoms with Crippen LogP contribution in [0.3, 0.4) is 0 Å². The molecule has 0 aromatic carbocycles. The summed E-state index contributed by atoms with van der Waals surface area (Å²) in [5.41, 5.74) is 0.768. The number of likely N-dealkylation sites (N-methyl/N-ethyl adjacent to an activating group) is 1. The number of amides is 1. The number of nitrogens with zero attached hydrogens (tertiary/aromatic N) is 1. The molecule has 0 aliphatic carbocycles. The van der Waals surface area contributed by atoms with Crippen LogP contribution in [0, 0.1) is 0 Å². The van der Waals surface area contributed by atoms with Gasteiger partial charge in [-0.05, 0) is 0 Å². The lowest BCUT2D eigenvalue weighted by Gasteiger charge is -2.04. The van der Waals surface area contributed by atoms with Crippen molar-refractivity contribution in [2.45, 2.75) is 6.42 Å². The third-order valence-corrected chi connectivity index (χ3v) is 1.85. The zero-order chi connectivity index (χ0) is 11.3. The molecular formula is C10H12N2O3. The quantitative estimate of drug-likeness (QED) is 0.717. The number of rotatable bonds is 4. The minimum absolute atomic E-state index is 0.133. The van der Waals surface area contributed by atoms with Crippen molar-refractivity contribution < 1.29 is 14.3 Å². The lowest BCUT2D eigenvalue weighted by Crippen LogP contribution is -2.20.